The van der Waals surface area contributed by atoms with Gasteiger partial charge >= 0.3 is 0 Å². The van der Waals surface area contributed by atoms with Gasteiger partial charge in [-0.05, 0) is 110 Å². The highest BCUT2D eigenvalue weighted by atomic mass is 32.2. The molecule has 2 unspecified atom stereocenters. The molecule has 0 saturated carbocycles. The first-order valence-corrected chi connectivity index (χ1v) is 18.4. The lowest BCUT2D eigenvalue weighted by Crippen LogP contribution is -2.62. The van der Waals surface area contributed by atoms with Crippen molar-refractivity contribution in [2.45, 2.75) is 102 Å². The molecule has 8 rings (SSSR count). The van der Waals surface area contributed by atoms with Crippen LogP contribution in [0.2, 0.25) is 0 Å². The third-order valence-corrected chi connectivity index (χ3v) is 12.1. The number of anilines is 5. The number of hydrogen-bond acceptors (Lipinski definition) is 3. The van der Waals surface area contributed by atoms with Gasteiger partial charge in [0, 0.05) is 38.5 Å². The number of hydrogen-bond donors (Lipinski definition) is 0. The van der Waals surface area contributed by atoms with Crippen molar-refractivity contribution in [2.24, 2.45) is 0 Å². The number of rotatable bonds is 2. The lowest BCUT2D eigenvalue weighted by atomic mass is 9.33. The molecule has 0 N–H and O–H groups in total. The maximum atomic E-state index is 9.20. The monoisotopic (exact) mass is 665 g/mol. The van der Waals surface area contributed by atoms with Crippen molar-refractivity contribution in [1.82, 2.24) is 0 Å². The Hall–Kier alpha value is -3.89. The van der Waals surface area contributed by atoms with E-state index in [9.17, 15) is 2.74 Å². The summed E-state index contributed by atoms with van der Waals surface area (Å²) in [6.07, 6.45) is 0. The summed E-state index contributed by atoms with van der Waals surface area (Å²) in [5.74, 6) is 0. The molecule has 0 aliphatic carbocycles. The van der Waals surface area contributed by atoms with Crippen molar-refractivity contribution in [1.29, 1.82) is 0 Å². The van der Waals surface area contributed by atoms with Crippen LogP contribution in [0.25, 0.3) is 0 Å². The Morgan fingerprint density at radius 1 is 0.633 bits per heavy atom. The molecule has 0 radical (unpaired) electrons. The number of para-hydroxylation sites is 1. The second-order valence-electron chi connectivity index (χ2n) is 17.2. The lowest BCUT2D eigenvalue weighted by molar-refractivity contribution is 0.587. The molecule has 0 fully saturated rings. The molecule has 0 saturated heterocycles. The normalized spacial score (nSPS) is 19.6. The van der Waals surface area contributed by atoms with Crippen LogP contribution in [0.1, 0.15) is 103 Å². The van der Waals surface area contributed by atoms with Gasteiger partial charge in [0.15, 0.2) is 0 Å². The third kappa shape index (κ3) is 5.25. The Labute approximate surface area is 306 Å². The molecule has 4 heteroatoms. The number of nitrogens with zero attached hydrogens (tertiary/aromatic N) is 2. The summed E-state index contributed by atoms with van der Waals surface area (Å²) in [6, 6.07) is 25.7. The fourth-order valence-electron chi connectivity index (χ4n) is 8.01. The molecular weight excluding hydrogens is 611 g/mol. The van der Waals surface area contributed by atoms with Gasteiger partial charge in [-0.1, -0.05) is 117 Å². The summed E-state index contributed by atoms with van der Waals surface area (Å²) in [6.45, 7) is 22.3. The maximum absolute atomic E-state index is 9.20. The second kappa shape index (κ2) is 11.1. The van der Waals surface area contributed by atoms with Crippen LogP contribution in [-0.4, -0.2) is 11.9 Å². The lowest BCUT2D eigenvalue weighted by Gasteiger charge is -2.49. The fourth-order valence-corrected chi connectivity index (χ4v) is 9.58. The first kappa shape index (κ1) is 26.9. The van der Waals surface area contributed by atoms with E-state index in [4.69, 9.17) is 4.11 Å². The van der Waals surface area contributed by atoms with Crippen LogP contribution in [0.3, 0.4) is 0 Å². The van der Waals surface area contributed by atoms with Crippen LogP contribution in [0.15, 0.2) is 108 Å². The zero-order chi connectivity index (χ0) is 39.0. The predicted molar refractivity (Wildman–Crippen MR) is 214 cm³/mol. The average Bonchev–Trinajstić information content (AvgIpc) is 3.48. The summed E-state index contributed by atoms with van der Waals surface area (Å²) >= 11 is 1.96. The van der Waals surface area contributed by atoms with Gasteiger partial charge in [0.05, 0.1) is 12.9 Å². The van der Waals surface area contributed by atoms with Crippen LogP contribution in [0, 0.1) is 6.92 Å². The fraction of sp³-hybridized carbons (Fsp3) is 0.333. The molecule has 2 atom stereocenters. The van der Waals surface area contributed by atoms with Gasteiger partial charge in [-0.25, -0.2) is 0 Å². The third-order valence-electron chi connectivity index (χ3n) is 10.7. The molecule has 248 valence electrons. The Morgan fingerprint density at radius 3 is 1.88 bits per heavy atom. The topological polar surface area (TPSA) is 6.48 Å². The Morgan fingerprint density at radius 2 is 1.22 bits per heavy atom. The second-order valence-corrected chi connectivity index (χ2v) is 18.4. The molecule has 3 heterocycles. The molecule has 0 amide bonds. The maximum Gasteiger partial charge on any atom is 0.233 e. The van der Waals surface area contributed by atoms with Crippen LogP contribution in [-0.2, 0) is 16.2 Å². The van der Waals surface area contributed by atoms with E-state index in [0.717, 1.165) is 39.2 Å². The van der Waals surface area contributed by atoms with Gasteiger partial charge in [0.2, 0.25) is 6.71 Å². The summed E-state index contributed by atoms with van der Waals surface area (Å²) in [7, 11) is 0. The number of thioether (sulfide) groups is 1. The molecule has 5 aromatic carbocycles. The van der Waals surface area contributed by atoms with E-state index in [1.807, 2.05) is 16.7 Å². The van der Waals surface area contributed by atoms with Crippen molar-refractivity contribution in [3.63, 3.8) is 0 Å². The van der Waals surface area contributed by atoms with E-state index in [1.165, 1.54) is 27.1 Å². The van der Waals surface area contributed by atoms with E-state index in [1.54, 1.807) is 0 Å². The highest BCUT2D eigenvalue weighted by Gasteiger charge is 2.54. The highest BCUT2D eigenvalue weighted by Crippen LogP contribution is 2.57. The van der Waals surface area contributed by atoms with Gasteiger partial charge in [-0.15, -0.1) is 11.8 Å². The highest BCUT2D eigenvalue weighted by molar-refractivity contribution is 8.02. The molecule has 0 bridgehead atoms. The minimum atomic E-state index is -0.388. The Kier molecular flexibility index (Phi) is 6.07. The van der Waals surface area contributed by atoms with Gasteiger partial charge in [-0.2, -0.15) is 0 Å². The number of aryl methyl sites for hydroxylation is 1. The standard InChI is InChI=1S/C45H49BN2S/c1-28-24-37-40-38(25-28)48(33-20-16-29(17-21-33)43(2,3)4)41-34-26-30(44(5,6)7)19-23-39(34)49-42(41)46(40)35-27-31(45(8,9)10)18-22-36(35)47(37)32-14-12-11-13-15-32/h11-27,41-42H,1-10H3/i11D,12D,13D,14D,15D. The molecule has 3 aliphatic rings. The number of fused-ring (bicyclic) bond motifs is 6. The first-order chi connectivity index (χ1) is 25.2. The first-order valence-electron chi connectivity index (χ1n) is 20.1. The summed E-state index contributed by atoms with van der Waals surface area (Å²) < 4.78 is 44.2. The largest absolute Gasteiger partial charge is 0.334 e. The van der Waals surface area contributed by atoms with E-state index >= 15 is 0 Å². The molecule has 0 spiro atoms. The van der Waals surface area contributed by atoms with Crippen LogP contribution >= 0.6 is 11.8 Å². The number of benzene rings is 5. The Bertz CT molecular complexity index is 2340. The van der Waals surface area contributed by atoms with E-state index in [2.05, 4.69) is 147 Å². The molecule has 5 aromatic rings. The van der Waals surface area contributed by atoms with Crippen molar-refractivity contribution in [3.05, 3.63) is 131 Å². The molecule has 2 nitrogen and oxygen atoms in total. The Balaban J connectivity index is 1.49. The average molecular weight is 666 g/mol. The van der Waals surface area contributed by atoms with Crippen LogP contribution in [0.4, 0.5) is 28.4 Å². The van der Waals surface area contributed by atoms with E-state index < -0.39 is 0 Å². The van der Waals surface area contributed by atoms with E-state index in [-0.39, 0.29) is 70.0 Å². The quantitative estimate of drug-likeness (QED) is 0.173. The smallest absolute Gasteiger partial charge is 0.233 e. The van der Waals surface area contributed by atoms with Gasteiger partial charge in [0.25, 0.3) is 0 Å². The summed E-state index contributed by atoms with van der Waals surface area (Å²) in [5.41, 5.74) is 12.4. The van der Waals surface area contributed by atoms with Crippen LogP contribution in [0.5, 0.6) is 0 Å². The minimum Gasteiger partial charge on any atom is -0.334 e. The summed E-state index contributed by atoms with van der Waals surface area (Å²) in [5, 5.41) is 0.0996. The van der Waals surface area contributed by atoms with Gasteiger partial charge in [0.1, 0.15) is 0 Å². The van der Waals surface area contributed by atoms with Crippen molar-refractivity contribution in [3.8, 4) is 0 Å². The predicted octanol–water partition coefficient (Wildman–Crippen LogP) is 11.2. The molecule has 3 aliphatic heterocycles. The SMILES string of the molecule is [2H]c1c([2H])c([2H])c(N2c3ccc(C(C)(C)C)cc3B3c4c2cc(C)cc4N(c2ccc(C(C)(C)C)cc2)C2c4cc(C(C)(C)C)ccc4SC32)c([2H])c1[2H]. The molecular formula is C45H49BN2S. The summed E-state index contributed by atoms with van der Waals surface area (Å²) in [4.78, 5) is 5.81. The zero-order valence-corrected chi connectivity index (χ0v) is 31.3. The van der Waals surface area contributed by atoms with Gasteiger partial charge < -0.3 is 9.80 Å². The van der Waals surface area contributed by atoms with Crippen LogP contribution < -0.4 is 20.7 Å². The van der Waals surface area contributed by atoms with Crippen molar-refractivity contribution >= 4 is 57.8 Å². The molecule has 49 heavy (non-hydrogen) atoms. The van der Waals surface area contributed by atoms with Crippen molar-refractivity contribution < 1.29 is 6.85 Å². The zero-order valence-electron chi connectivity index (χ0n) is 35.5. The van der Waals surface area contributed by atoms with Gasteiger partial charge in [-0.3, -0.25) is 0 Å². The minimum absolute atomic E-state index is 0.00683. The van der Waals surface area contributed by atoms with E-state index in [0.29, 0.717) is 0 Å². The molecule has 0 aromatic heterocycles. The van der Waals surface area contributed by atoms with Crippen molar-refractivity contribution in [2.75, 3.05) is 9.80 Å².